The summed E-state index contributed by atoms with van der Waals surface area (Å²) in [4.78, 5) is 37.6. The van der Waals surface area contributed by atoms with Gasteiger partial charge in [0.05, 0.1) is 11.1 Å². The number of hydrogen-bond acceptors (Lipinski definition) is 3. The van der Waals surface area contributed by atoms with E-state index in [1.165, 1.54) is 0 Å². The van der Waals surface area contributed by atoms with Crippen molar-refractivity contribution >= 4 is 17.7 Å². The minimum absolute atomic E-state index is 0.150. The van der Waals surface area contributed by atoms with Crippen LogP contribution in [0.5, 0.6) is 0 Å². The Kier molecular flexibility index (Phi) is 4.42. The number of imide groups is 1. The molecule has 1 aliphatic rings. The second-order valence-electron chi connectivity index (χ2n) is 5.86. The van der Waals surface area contributed by atoms with E-state index in [1.54, 1.807) is 24.3 Å². The van der Waals surface area contributed by atoms with Gasteiger partial charge in [0.1, 0.15) is 6.54 Å². The van der Waals surface area contributed by atoms with Crippen LogP contribution < -0.4 is 5.32 Å². The first-order valence-electron chi connectivity index (χ1n) is 7.85. The summed E-state index contributed by atoms with van der Waals surface area (Å²) in [6.07, 6.45) is 0. The van der Waals surface area contributed by atoms with E-state index >= 15 is 0 Å². The van der Waals surface area contributed by atoms with Crippen LogP contribution in [0, 0.1) is 0 Å². The van der Waals surface area contributed by atoms with Crippen LogP contribution in [0.2, 0.25) is 0 Å². The topological polar surface area (TPSA) is 66.5 Å². The molecule has 3 amide bonds. The summed E-state index contributed by atoms with van der Waals surface area (Å²) >= 11 is 0. The number of nitrogens with one attached hydrogen (secondary N) is 1. The zero-order valence-corrected chi connectivity index (χ0v) is 13.4. The van der Waals surface area contributed by atoms with E-state index in [4.69, 9.17) is 0 Å². The van der Waals surface area contributed by atoms with Crippen LogP contribution >= 0.6 is 0 Å². The van der Waals surface area contributed by atoms with Crippen LogP contribution in [-0.4, -0.2) is 35.7 Å². The van der Waals surface area contributed by atoms with Gasteiger partial charge in [-0.25, -0.2) is 0 Å². The Hall–Kier alpha value is -2.95. The van der Waals surface area contributed by atoms with E-state index < -0.39 is 11.8 Å². The third-order valence-corrected chi connectivity index (χ3v) is 4.15. The van der Waals surface area contributed by atoms with Gasteiger partial charge < -0.3 is 5.32 Å². The van der Waals surface area contributed by atoms with Gasteiger partial charge in [-0.15, -0.1) is 0 Å². The lowest BCUT2D eigenvalue weighted by Gasteiger charge is -2.16. The summed E-state index contributed by atoms with van der Waals surface area (Å²) in [5.74, 6) is -1.02. The SMILES string of the molecule is C[C@H](CNC(=O)CN1C(=O)c2ccccc2C1=O)c1ccccc1. The van der Waals surface area contributed by atoms with E-state index in [1.807, 2.05) is 37.3 Å². The van der Waals surface area contributed by atoms with Crippen molar-refractivity contribution in [3.05, 3.63) is 71.3 Å². The largest absolute Gasteiger partial charge is 0.354 e. The normalized spacial score (nSPS) is 14.5. The lowest BCUT2D eigenvalue weighted by atomic mass is 10.0. The van der Waals surface area contributed by atoms with Crippen molar-refractivity contribution in [2.24, 2.45) is 0 Å². The van der Waals surface area contributed by atoms with Crippen molar-refractivity contribution in [2.45, 2.75) is 12.8 Å². The third kappa shape index (κ3) is 3.06. The highest BCUT2D eigenvalue weighted by Gasteiger charge is 2.36. The van der Waals surface area contributed by atoms with Crippen molar-refractivity contribution in [2.75, 3.05) is 13.1 Å². The van der Waals surface area contributed by atoms with E-state index in [2.05, 4.69) is 5.32 Å². The van der Waals surface area contributed by atoms with Gasteiger partial charge in [-0.05, 0) is 23.6 Å². The Bertz CT molecular complexity index is 751. The fourth-order valence-electron chi connectivity index (χ4n) is 2.75. The minimum Gasteiger partial charge on any atom is -0.354 e. The molecule has 0 saturated heterocycles. The van der Waals surface area contributed by atoms with Gasteiger partial charge in [-0.3, -0.25) is 19.3 Å². The molecule has 0 spiro atoms. The van der Waals surface area contributed by atoms with E-state index in [9.17, 15) is 14.4 Å². The molecule has 1 atom stereocenters. The zero-order chi connectivity index (χ0) is 17.1. The van der Waals surface area contributed by atoms with Gasteiger partial charge in [0.2, 0.25) is 5.91 Å². The summed E-state index contributed by atoms with van der Waals surface area (Å²) in [5.41, 5.74) is 1.83. The molecule has 122 valence electrons. The van der Waals surface area contributed by atoms with Gasteiger partial charge in [0.15, 0.2) is 0 Å². The minimum atomic E-state index is -0.415. The lowest BCUT2D eigenvalue weighted by molar-refractivity contribution is -0.121. The fraction of sp³-hybridized carbons (Fsp3) is 0.211. The van der Waals surface area contributed by atoms with Crippen LogP contribution in [0.15, 0.2) is 54.6 Å². The summed E-state index contributed by atoms with van der Waals surface area (Å²) in [6.45, 7) is 2.21. The number of amides is 3. The molecule has 1 N–H and O–H groups in total. The first kappa shape index (κ1) is 15.9. The van der Waals surface area contributed by atoms with Crippen molar-refractivity contribution in [1.29, 1.82) is 0 Å². The number of hydrogen-bond donors (Lipinski definition) is 1. The molecule has 0 fully saturated rings. The molecule has 24 heavy (non-hydrogen) atoms. The molecule has 0 aliphatic carbocycles. The molecule has 0 saturated carbocycles. The second kappa shape index (κ2) is 6.66. The first-order chi connectivity index (χ1) is 11.6. The van der Waals surface area contributed by atoms with Gasteiger partial charge in [0.25, 0.3) is 11.8 Å². The Morgan fingerprint density at radius 3 is 2.08 bits per heavy atom. The molecular formula is C19H18N2O3. The number of carbonyl (C=O) groups excluding carboxylic acids is 3. The Balaban J connectivity index is 1.58. The van der Waals surface area contributed by atoms with Crippen LogP contribution in [0.25, 0.3) is 0 Å². The van der Waals surface area contributed by atoms with Crippen molar-refractivity contribution in [3.8, 4) is 0 Å². The second-order valence-corrected chi connectivity index (χ2v) is 5.86. The van der Waals surface area contributed by atoms with Crippen LogP contribution in [0.3, 0.4) is 0 Å². The maximum atomic E-state index is 12.2. The molecule has 2 aromatic rings. The molecule has 0 bridgehead atoms. The predicted octanol–water partition coefficient (Wildman–Crippen LogP) is 2.20. The van der Waals surface area contributed by atoms with Crippen molar-refractivity contribution in [3.63, 3.8) is 0 Å². The third-order valence-electron chi connectivity index (χ3n) is 4.15. The molecule has 5 heteroatoms. The Labute approximate surface area is 140 Å². The van der Waals surface area contributed by atoms with Gasteiger partial charge in [-0.1, -0.05) is 49.4 Å². The Morgan fingerprint density at radius 2 is 1.50 bits per heavy atom. The van der Waals surface area contributed by atoms with Gasteiger partial charge in [0, 0.05) is 6.54 Å². The van der Waals surface area contributed by atoms with Crippen molar-refractivity contribution in [1.82, 2.24) is 10.2 Å². The molecule has 0 aromatic heterocycles. The van der Waals surface area contributed by atoms with Crippen LogP contribution in [0.4, 0.5) is 0 Å². The van der Waals surface area contributed by atoms with Crippen molar-refractivity contribution < 1.29 is 14.4 Å². The molecule has 2 aromatic carbocycles. The molecule has 3 rings (SSSR count). The van der Waals surface area contributed by atoms with Crippen LogP contribution in [0.1, 0.15) is 39.1 Å². The quantitative estimate of drug-likeness (QED) is 0.858. The highest BCUT2D eigenvalue weighted by atomic mass is 16.2. The smallest absolute Gasteiger partial charge is 0.262 e. The number of benzene rings is 2. The highest BCUT2D eigenvalue weighted by molar-refractivity contribution is 6.22. The molecule has 1 heterocycles. The van der Waals surface area contributed by atoms with E-state index in [0.717, 1.165) is 10.5 Å². The maximum Gasteiger partial charge on any atom is 0.262 e. The number of rotatable bonds is 5. The predicted molar refractivity (Wildman–Crippen MR) is 89.7 cm³/mol. The molecule has 0 unspecified atom stereocenters. The molecule has 1 aliphatic heterocycles. The monoisotopic (exact) mass is 322 g/mol. The lowest BCUT2D eigenvalue weighted by Crippen LogP contribution is -2.41. The van der Waals surface area contributed by atoms with Crippen LogP contribution in [-0.2, 0) is 4.79 Å². The summed E-state index contributed by atoms with van der Waals surface area (Å²) in [5, 5.41) is 2.79. The standard InChI is InChI=1S/C19H18N2O3/c1-13(14-7-3-2-4-8-14)11-20-17(22)12-21-18(23)15-9-5-6-10-16(15)19(21)24/h2-10,13H,11-12H2,1H3,(H,20,22)/t13-/m1/s1. The van der Waals surface area contributed by atoms with Gasteiger partial charge >= 0.3 is 0 Å². The average Bonchev–Trinajstić information content (AvgIpc) is 2.86. The molecule has 5 nitrogen and oxygen atoms in total. The molecular weight excluding hydrogens is 304 g/mol. The summed E-state index contributed by atoms with van der Waals surface area (Å²) < 4.78 is 0. The summed E-state index contributed by atoms with van der Waals surface area (Å²) in [7, 11) is 0. The molecule has 0 radical (unpaired) electrons. The first-order valence-corrected chi connectivity index (χ1v) is 7.85. The van der Waals surface area contributed by atoms with Gasteiger partial charge in [-0.2, -0.15) is 0 Å². The number of carbonyl (C=O) groups is 3. The number of fused-ring (bicyclic) bond motifs is 1. The maximum absolute atomic E-state index is 12.2. The Morgan fingerprint density at radius 1 is 0.958 bits per heavy atom. The number of nitrogens with zero attached hydrogens (tertiary/aromatic N) is 1. The van der Waals surface area contributed by atoms with E-state index in [-0.39, 0.29) is 18.4 Å². The zero-order valence-electron chi connectivity index (χ0n) is 13.4. The van der Waals surface area contributed by atoms with E-state index in [0.29, 0.717) is 17.7 Å². The average molecular weight is 322 g/mol. The summed E-state index contributed by atoms with van der Waals surface area (Å²) in [6, 6.07) is 16.5. The fourth-order valence-corrected chi connectivity index (χ4v) is 2.75. The highest BCUT2D eigenvalue weighted by Crippen LogP contribution is 2.22.